The molecule has 2 heterocycles. The molecule has 0 amide bonds. The molecule has 1 fully saturated rings. The molecule has 88 valence electrons. The van der Waals surface area contributed by atoms with Crippen LogP contribution in [0, 0.1) is 5.92 Å². The van der Waals surface area contributed by atoms with Crippen LogP contribution in [0.25, 0.3) is 10.8 Å². The fraction of sp³-hybridized carbons (Fsp3) is 0.429. The molecule has 3 rings (SSSR count). The van der Waals surface area contributed by atoms with E-state index in [9.17, 15) is 0 Å². The van der Waals surface area contributed by atoms with Crippen molar-refractivity contribution in [3.8, 4) is 0 Å². The summed E-state index contributed by atoms with van der Waals surface area (Å²) in [5.74, 6) is 0.837. The molecule has 1 aliphatic heterocycles. The van der Waals surface area contributed by atoms with Gasteiger partial charge in [-0.1, -0.05) is 12.1 Å². The summed E-state index contributed by atoms with van der Waals surface area (Å²) in [4.78, 5) is 0. The van der Waals surface area contributed by atoms with Crippen molar-refractivity contribution >= 4 is 10.8 Å². The summed E-state index contributed by atoms with van der Waals surface area (Å²) in [6.07, 6.45) is 7.46. The summed E-state index contributed by atoms with van der Waals surface area (Å²) < 4.78 is 0. The summed E-state index contributed by atoms with van der Waals surface area (Å²) in [5.41, 5.74) is 1.43. The lowest BCUT2D eigenvalue weighted by atomic mass is 9.90. The highest BCUT2D eigenvalue weighted by molar-refractivity contribution is 5.81. The van der Waals surface area contributed by atoms with Crippen molar-refractivity contribution in [1.29, 1.82) is 0 Å². The Morgan fingerprint density at radius 1 is 1.06 bits per heavy atom. The quantitative estimate of drug-likeness (QED) is 0.854. The summed E-state index contributed by atoms with van der Waals surface area (Å²) in [5, 5.41) is 13.6. The Hall–Kier alpha value is -1.48. The van der Waals surface area contributed by atoms with Crippen LogP contribution in [0.1, 0.15) is 18.4 Å². The number of piperidine rings is 1. The third kappa shape index (κ3) is 2.44. The monoisotopic (exact) mass is 227 g/mol. The van der Waals surface area contributed by atoms with Gasteiger partial charge in [0.2, 0.25) is 0 Å². The average Bonchev–Trinajstić information content (AvgIpc) is 2.40. The lowest BCUT2D eigenvalue weighted by molar-refractivity contribution is 0.373. The van der Waals surface area contributed by atoms with Crippen LogP contribution >= 0.6 is 0 Å². The molecule has 0 radical (unpaired) electrons. The highest BCUT2D eigenvalue weighted by Gasteiger charge is 2.13. The Bertz CT molecular complexity index is 504. The van der Waals surface area contributed by atoms with Crippen molar-refractivity contribution in [1.82, 2.24) is 15.5 Å². The fourth-order valence-corrected chi connectivity index (χ4v) is 2.59. The molecule has 3 nitrogen and oxygen atoms in total. The third-order valence-electron chi connectivity index (χ3n) is 3.59. The van der Waals surface area contributed by atoms with E-state index in [1.165, 1.54) is 48.7 Å². The number of rotatable bonds is 2. The minimum atomic E-state index is 0.837. The standard InChI is InChI=1S/C14H17N3/c1-2-13-9-16-17-10-14(13)8-12(1)7-11-3-5-15-6-4-11/h1-2,8-11,15H,3-7H2. The largest absolute Gasteiger partial charge is 0.317 e. The van der Waals surface area contributed by atoms with Gasteiger partial charge >= 0.3 is 0 Å². The van der Waals surface area contributed by atoms with E-state index in [2.05, 4.69) is 33.7 Å². The van der Waals surface area contributed by atoms with E-state index in [-0.39, 0.29) is 0 Å². The second-order valence-corrected chi connectivity index (χ2v) is 4.85. The van der Waals surface area contributed by atoms with Crippen LogP contribution in [-0.4, -0.2) is 23.3 Å². The maximum Gasteiger partial charge on any atom is 0.0574 e. The van der Waals surface area contributed by atoms with Crippen LogP contribution in [0.4, 0.5) is 0 Å². The summed E-state index contributed by atoms with van der Waals surface area (Å²) in [6.45, 7) is 2.34. The second kappa shape index (κ2) is 4.80. The van der Waals surface area contributed by atoms with E-state index in [0.717, 1.165) is 5.92 Å². The molecule has 1 aromatic carbocycles. The van der Waals surface area contributed by atoms with Crippen LogP contribution < -0.4 is 5.32 Å². The number of nitrogens with one attached hydrogen (secondary N) is 1. The van der Waals surface area contributed by atoms with Crippen LogP contribution in [0.15, 0.2) is 30.6 Å². The highest BCUT2D eigenvalue weighted by atomic mass is 15.1. The Morgan fingerprint density at radius 2 is 1.82 bits per heavy atom. The lowest BCUT2D eigenvalue weighted by Gasteiger charge is -2.22. The van der Waals surface area contributed by atoms with Crippen LogP contribution in [0.2, 0.25) is 0 Å². The SMILES string of the molecule is c1cc2cnncc2cc1CC1CCNCC1. The van der Waals surface area contributed by atoms with Crippen LogP contribution in [0.5, 0.6) is 0 Å². The van der Waals surface area contributed by atoms with Crippen LogP contribution in [-0.2, 0) is 6.42 Å². The lowest BCUT2D eigenvalue weighted by Crippen LogP contribution is -2.28. The predicted molar refractivity (Wildman–Crippen MR) is 68.8 cm³/mol. The Balaban J connectivity index is 1.80. The first-order valence-electron chi connectivity index (χ1n) is 6.32. The van der Waals surface area contributed by atoms with Gasteiger partial charge in [0, 0.05) is 10.8 Å². The molecule has 0 aliphatic carbocycles. The third-order valence-corrected chi connectivity index (χ3v) is 3.59. The maximum absolute atomic E-state index is 3.94. The fourth-order valence-electron chi connectivity index (χ4n) is 2.59. The topological polar surface area (TPSA) is 37.8 Å². The normalized spacial score (nSPS) is 17.4. The number of benzene rings is 1. The molecule has 0 saturated carbocycles. The molecular formula is C14H17N3. The highest BCUT2D eigenvalue weighted by Crippen LogP contribution is 2.20. The minimum absolute atomic E-state index is 0.837. The van der Waals surface area contributed by atoms with Crippen molar-refractivity contribution in [2.75, 3.05) is 13.1 Å². The van der Waals surface area contributed by atoms with Gasteiger partial charge in [0.15, 0.2) is 0 Å². The smallest absolute Gasteiger partial charge is 0.0574 e. The zero-order chi connectivity index (χ0) is 11.5. The van der Waals surface area contributed by atoms with Gasteiger partial charge in [-0.05, 0) is 49.9 Å². The van der Waals surface area contributed by atoms with Crippen molar-refractivity contribution < 1.29 is 0 Å². The summed E-state index contributed by atoms with van der Waals surface area (Å²) in [6, 6.07) is 6.64. The molecule has 1 aliphatic rings. The molecular weight excluding hydrogens is 210 g/mol. The molecule has 2 aromatic rings. The van der Waals surface area contributed by atoms with E-state index in [1.807, 2.05) is 12.4 Å². The number of nitrogens with zero attached hydrogens (tertiary/aromatic N) is 2. The van der Waals surface area contributed by atoms with Gasteiger partial charge in [0.25, 0.3) is 0 Å². The minimum Gasteiger partial charge on any atom is -0.317 e. The van der Waals surface area contributed by atoms with Gasteiger partial charge in [-0.25, -0.2) is 0 Å². The van der Waals surface area contributed by atoms with E-state index in [1.54, 1.807) is 0 Å². The molecule has 0 spiro atoms. The first kappa shape index (κ1) is 10.7. The zero-order valence-corrected chi connectivity index (χ0v) is 9.89. The summed E-state index contributed by atoms with van der Waals surface area (Å²) in [7, 11) is 0. The molecule has 3 heteroatoms. The number of hydrogen-bond acceptors (Lipinski definition) is 3. The van der Waals surface area contributed by atoms with E-state index >= 15 is 0 Å². The first-order valence-corrected chi connectivity index (χ1v) is 6.32. The average molecular weight is 227 g/mol. The predicted octanol–water partition coefficient (Wildman–Crippen LogP) is 2.17. The molecule has 1 N–H and O–H groups in total. The maximum atomic E-state index is 3.94. The first-order chi connectivity index (χ1) is 8.42. The number of hydrogen-bond donors (Lipinski definition) is 1. The van der Waals surface area contributed by atoms with E-state index in [0.29, 0.717) is 0 Å². The molecule has 1 aromatic heterocycles. The van der Waals surface area contributed by atoms with E-state index in [4.69, 9.17) is 0 Å². The van der Waals surface area contributed by atoms with Gasteiger partial charge < -0.3 is 5.32 Å². The van der Waals surface area contributed by atoms with Crippen molar-refractivity contribution in [2.24, 2.45) is 5.92 Å². The van der Waals surface area contributed by atoms with Crippen molar-refractivity contribution in [2.45, 2.75) is 19.3 Å². The molecule has 0 unspecified atom stereocenters. The molecule has 17 heavy (non-hydrogen) atoms. The van der Waals surface area contributed by atoms with Gasteiger partial charge in [0.05, 0.1) is 12.4 Å². The number of aromatic nitrogens is 2. The van der Waals surface area contributed by atoms with Gasteiger partial charge in [-0.2, -0.15) is 10.2 Å². The Morgan fingerprint density at radius 3 is 2.65 bits per heavy atom. The van der Waals surface area contributed by atoms with Crippen LogP contribution in [0.3, 0.4) is 0 Å². The molecule has 0 bridgehead atoms. The van der Waals surface area contributed by atoms with Gasteiger partial charge in [0.1, 0.15) is 0 Å². The van der Waals surface area contributed by atoms with Gasteiger partial charge in [-0.15, -0.1) is 0 Å². The second-order valence-electron chi connectivity index (χ2n) is 4.85. The summed E-state index contributed by atoms with van der Waals surface area (Å²) >= 11 is 0. The van der Waals surface area contributed by atoms with E-state index < -0.39 is 0 Å². The Labute approximate surface area is 101 Å². The number of fused-ring (bicyclic) bond motifs is 1. The van der Waals surface area contributed by atoms with Crippen molar-refractivity contribution in [3.63, 3.8) is 0 Å². The van der Waals surface area contributed by atoms with Gasteiger partial charge in [-0.3, -0.25) is 0 Å². The molecule has 0 atom stereocenters. The molecule has 1 saturated heterocycles. The Kier molecular flexibility index (Phi) is 3.01. The zero-order valence-electron chi connectivity index (χ0n) is 9.89. The van der Waals surface area contributed by atoms with Crippen molar-refractivity contribution in [3.05, 3.63) is 36.2 Å².